The van der Waals surface area contributed by atoms with Gasteiger partial charge in [-0.2, -0.15) is 0 Å². The Kier molecular flexibility index (Phi) is 6.54. The number of aryl methyl sites for hydroxylation is 2. The third-order valence-electron chi connectivity index (χ3n) is 4.87. The summed E-state index contributed by atoms with van der Waals surface area (Å²) in [7, 11) is 3.95. The number of fused-ring (bicyclic) bond motifs is 1. The third kappa shape index (κ3) is 4.94. The van der Waals surface area contributed by atoms with Crippen LogP contribution in [-0.4, -0.2) is 65.9 Å². The van der Waals surface area contributed by atoms with E-state index in [1.807, 2.05) is 55.1 Å². The van der Waals surface area contributed by atoms with Gasteiger partial charge in [0.15, 0.2) is 0 Å². The summed E-state index contributed by atoms with van der Waals surface area (Å²) in [5.74, 6) is 0.424. The molecule has 2 unspecified atom stereocenters. The Labute approximate surface area is 175 Å². The van der Waals surface area contributed by atoms with E-state index in [0.717, 1.165) is 16.3 Å². The Balaban J connectivity index is 1.79. The van der Waals surface area contributed by atoms with Gasteiger partial charge in [0.2, 0.25) is 5.91 Å². The minimum absolute atomic E-state index is 0.114. The molecule has 8 heteroatoms. The van der Waals surface area contributed by atoms with Gasteiger partial charge in [-0.25, -0.2) is 4.98 Å². The normalized spacial score (nSPS) is 17.3. The quantitative estimate of drug-likeness (QED) is 0.809. The van der Waals surface area contributed by atoms with Crippen LogP contribution in [0, 0.1) is 13.8 Å². The van der Waals surface area contributed by atoms with Gasteiger partial charge in [-0.3, -0.25) is 9.59 Å². The maximum Gasteiger partial charge on any atom is 0.263 e. The second-order valence-corrected chi connectivity index (χ2v) is 8.85. The largest absolute Gasteiger partial charge is 0.491 e. The Morgan fingerprint density at radius 2 is 2.07 bits per heavy atom. The molecule has 1 N–H and O–H groups in total. The summed E-state index contributed by atoms with van der Waals surface area (Å²) in [5, 5.41) is 3.68. The highest BCUT2D eigenvalue weighted by Crippen LogP contribution is 2.25. The summed E-state index contributed by atoms with van der Waals surface area (Å²) in [5.41, 5.74) is 1.65. The molecule has 0 radical (unpaired) electrons. The zero-order chi connectivity index (χ0) is 21.1. The lowest BCUT2D eigenvalue weighted by Crippen LogP contribution is -2.53. The number of carbonyl (C=O) groups is 2. The SMILES string of the molecule is Cc1nc(C)c(C(=O)NC(C)C(=O)N2Cc3ccccc3OCC2CN(C)C)s1. The average Bonchev–Trinajstić information content (AvgIpc) is 2.90. The minimum atomic E-state index is -0.653. The number of likely N-dealkylation sites (N-methyl/N-ethyl adjacent to an activating group) is 1. The summed E-state index contributed by atoms with van der Waals surface area (Å²) < 4.78 is 5.98. The van der Waals surface area contributed by atoms with Crippen LogP contribution in [0.2, 0.25) is 0 Å². The smallest absolute Gasteiger partial charge is 0.263 e. The molecule has 0 aliphatic carbocycles. The molecule has 0 saturated carbocycles. The second-order valence-electron chi connectivity index (χ2n) is 7.64. The van der Waals surface area contributed by atoms with E-state index in [2.05, 4.69) is 10.3 Å². The monoisotopic (exact) mass is 416 g/mol. The first kappa shape index (κ1) is 21.3. The van der Waals surface area contributed by atoms with Gasteiger partial charge in [0.05, 0.1) is 16.7 Å². The van der Waals surface area contributed by atoms with Crippen molar-refractivity contribution in [1.82, 2.24) is 20.1 Å². The number of hydrogen-bond donors (Lipinski definition) is 1. The number of rotatable bonds is 5. The van der Waals surface area contributed by atoms with Crippen molar-refractivity contribution in [3.63, 3.8) is 0 Å². The molecule has 1 aromatic heterocycles. The van der Waals surface area contributed by atoms with Crippen molar-refractivity contribution < 1.29 is 14.3 Å². The molecule has 1 aliphatic rings. The van der Waals surface area contributed by atoms with Crippen molar-refractivity contribution in [3.05, 3.63) is 45.4 Å². The molecule has 2 aromatic rings. The van der Waals surface area contributed by atoms with Crippen LogP contribution in [0.25, 0.3) is 0 Å². The van der Waals surface area contributed by atoms with Crippen LogP contribution in [0.1, 0.15) is 32.9 Å². The van der Waals surface area contributed by atoms with Gasteiger partial charge >= 0.3 is 0 Å². The van der Waals surface area contributed by atoms with E-state index in [4.69, 9.17) is 4.74 Å². The second kappa shape index (κ2) is 8.92. The first-order chi connectivity index (χ1) is 13.8. The van der Waals surface area contributed by atoms with E-state index in [1.54, 1.807) is 13.8 Å². The predicted octanol–water partition coefficient (Wildman–Crippen LogP) is 2.23. The maximum absolute atomic E-state index is 13.3. The summed E-state index contributed by atoms with van der Waals surface area (Å²) in [6.07, 6.45) is 0. The number of nitrogens with zero attached hydrogens (tertiary/aromatic N) is 3. The molecule has 7 nitrogen and oxygen atoms in total. The van der Waals surface area contributed by atoms with E-state index >= 15 is 0 Å². The molecule has 156 valence electrons. The molecule has 0 bridgehead atoms. The zero-order valence-corrected chi connectivity index (χ0v) is 18.4. The van der Waals surface area contributed by atoms with E-state index in [1.165, 1.54) is 11.3 Å². The molecule has 0 spiro atoms. The van der Waals surface area contributed by atoms with Crippen molar-refractivity contribution in [3.8, 4) is 5.75 Å². The van der Waals surface area contributed by atoms with Gasteiger partial charge in [-0.15, -0.1) is 11.3 Å². The van der Waals surface area contributed by atoms with E-state index in [9.17, 15) is 9.59 Å². The van der Waals surface area contributed by atoms with Crippen molar-refractivity contribution >= 4 is 23.2 Å². The maximum atomic E-state index is 13.3. The zero-order valence-electron chi connectivity index (χ0n) is 17.6. The van der Waals surface area contributed by atoms with E-state index in [-0.39, 0.29) is 17.9 Å². The van der Waals surface area contributed by atoms with Gasteiger partial charge in [0.25, 0.3) is 5.91 Å². The molecule has 2 amide bonds. The number of aromatic nitrogens is 1. The molecular weight excluding hydrogens is 388 g/mol. The lowest BCUT2D eigenvalue weighted by Gasteiger charge is -2.33. The minimum Gasteiger partial charge on any atom is -0.491 e. The third-order valence-corrected chi connectivity index (χ3v) is 5.94. The lowest BCUT2D eigenvalue weighted by molar-refractivity contribution is -0.136. The highest BCUT2D eigenvalue weighted by molar-refractivity contribution is 7.13. The Morgan fingerprint density at radius 3 is 2.72 bits per heavy atom. The fraction of sp³-hybridized carbons (Fsp3) is 0.476. The van der Waals surface area contributed by atoms with E-state index < -0.39 is 6.04 Å². The number of ether oxygens (including phenoxy) is 1. The number of amides is 2. The van der Waals surface area contributed by atoms with Crippen LogP contribution >= 0.6 is 11.3 Å². The fourth-order valence-corrected chi connectivity index (χ4v) is 4.33. The Hall–Kier alpha value is -2.45. The predicted molar refractivity (Wildman–Crippen MR) is 113 cm³/mol. The van der Waals surface area contributed by atoms with Crippen LogP contribution in [-0.2, 0) is 11.3 Å². The average molecular weight is 417 g/mol. The van der Waals surface area contributed by atoms with Crippen molar-refractivity contribution in [2.24, 2.45) is 0 Å². The number of para-hydroxylation sites is 1. The highest BCUT2D eigenvalue weighted by atomic mass is 32.1. The summed E-state index contributed by atoms with van der Waals surface area (Å²) in [6.45, 7) is 6.94. The molecule has 0 saturated heterocycles. The van der Waals surface area contributed by atoms with Crippen molar-refractivity contribution in [2.45, 2.75) is 39.4 Å². The molecular formula is C21H28N4O3S. The van der Waals surface area contributed by atoms with Gasteiger partial charge in [-0.1, -0.05) is 18.2 Å². The van der Waals surface area contributed by atoms with Crippen LogP contribution in [0.3, 0.4) is 0 Å². The standard InChI is InChI=1S/C21H28N4O3S/c1-13-19(29-15(3)22-13)20(26)23-14(2)21(27)25-10-16-8-6-7-9-18(16)28-12-17(25)11-24(4)5/h6-9,14,17H,10-12H2,1-5H3,(H,23,26). The molecule has 2 atom stereocenters. The first-order valence-electron chi connectivity index (χ1n) is 9.67. The molecule has 29 heavy (non-hydrogen) atoms. The number of nitrogens with one attached hydrogen (secondary N) is 1. The van der Waals surface area contributed by atoms with Crippen LogP contribution in [0.4, 0.5) is 0 Å². The number of thiazole rings is 1. The number of hydrogen-bond acceptors (Lipinski definition) is 6. The lowest BCUT2D eigenvalue weighted by atomic mass is 10.1. The van der Waals surface area contributed by atoms with Crippen LogP contribution in [0.15, 0.2) is 24.3 Å². The van der Waals surface area contributed by atoms with E-state index in [0.29, 0.717) is 30.3 Å². The Morgan fingerprint density at radius 1 is 1.34 bits per heavy atom. The van der Waals surface area contributed by atoms with Crippen LogP contribution in [0.5, 0.6) is 5.75 Å². The van der Waals surface area contributed by atoms with Gasteiger partial charge in [0, 0.05) is 18.7 Å². The molecule has 3 rings (SSSR count). The molecule has 1 aromatic carbocycles. The fourth-order valence-electron chi connectivity index (χ4n) is 3.51. The van der Waals surface area contributed by atoms with Gasteiger partial charge in [0.1, 0.15) is 23.3 Å². The summed E-state index contributed by atoms with van der Waals surface area (Å²) in [6, 6.07) is 7.00. The van der Waals surface area contributed by atoms with Gasteiger partial charge in [-0.05, 0) is 40.9 Å². The van der Waals surface area contributed by atoms with Crippen LogP contribution < -0.4 is 10.1 Å². The van der Waals surface area contributed by atoms with Crippen molar-refractivity contribution in [2.75, 3.05) is 27.2 Å². The summed E-state index contributed by atoms with van der Waals surface area (Å²) in [4.78, 5) is 34.7. The Bertz CT molecular complexity index is 896. The topological polar surface area (TPSA) is 74.8 Å². The van der Waals surface area contributed by atoms with Gasteiger partial charge < -0.3 is 19.9 Å². The highest BCUT2D eigenvalue weighted by Gasteiger charge is 2.32. The number of carbonyl (C=O) groups excluding carboxylic acids is 2. The molecule has 2 heterocycles. The molecule has 1 aliphatic heterocycles. The molecule has 0 fully saturated rings. The van der Waals surface area contributed by atoms with Crippen molar-refractivity contribution in [1.29, 1.82) is 0 Å². The number of benzene rings is 1. The first-order valence-corrected chi connectivity index (χ1v) is 10.5. The summed E-state index contributed by atoms with van der Waals surface area (Å²) >= 11 is 1.34.